The van der Waals surface area contributed by atoms with Gasteiger partial charge in [0.15, 0.2) is 12.4 Å². The van der Waals surface area contributed by atoms with E-state index in [-0.39, 0.29) is 10.8 Å². The zero-order chi connectivity index (χ0) is 17.7. The first kappa shape index (κ1) is 17.6. The summed E-state index contributed by atoms with van der Waals surface area (Å²) in [5.74, 6) is -2.77. The highest BCUT2D eigenvalue weighted by molar-refractivity contribution is 6.33. The molecule has 0 atom stereocenters. The average Bonchev–Trinajstić information content (AvgIpc) is 2.53. The Kier molecular flexibility index (Phi) is 5.65. The maximum Gasteiger partial charge on any atom is 0.343 e. The van der Waals surface area contributed by atoms with Gasteiger partial charge >= 0.3 is 5.97 Å². The number of Topliss-reactive ketones (excluding diaryl/α,β-unsaturated/α-hetero) is 1. The first-order chi connectivity index (χ1) is 11.4. The summed E-state index contributed by atoms with van der Waals surface area (Å²) in [5, 5.41) is 2.36. The van der Waals surface area contributed by atoms with Crippen molar-refractivity contribution in [3.63, 3.8) is 0 Å². The van der Waals surface area contributed by atoms with E-state index in [9.17, 15) is 18.8 Å². The Labute approximate surface area is 142 Å². The average molecular weight is 350 g/mol. The van der Waals surface area contributed by atoms with Crippen molar-refractivity contribution in [2.45, 2.75) is 6.92 Å². The van der Waals surface area contributed by atoms with E-state index in [4.69, 9.17) is 16.3 Å². The van der Waals surface area contributed by atoms with Gasteiger partial charge in [-0.2, -0.15) is 0 Å². The van der Waals surface area contributed by atoms with Crippen LogP contribution >= 0.6 is 11.6 Å². The van der Waals surface area contributed by atoms with E-state index in [1.807, 2.05) is 0 Å². The third-order valence-corrected chi connectivity index (χ3v) is 3.40. The number of carbonyl (C=O) groups is 3. The van der Waals surface area contributed by atoms with Crippen LogP contribution in [0.4, 0.5) is 10.1 Å². The highest BCUT2D eigenvalue weighted by atomic mass is 35.5. The van der Waals surface area contributed by atoms with Gasteiger partial charge in [0, 0.05) is 5.56 Å². The summed E-state index contributed by atoms with van der Waals surface area (Å²) in [6.07, 6.45) is 0. The van der Waals surface area contributed by atoms with Crippen LogP contribution in [0.25, 0.3) is 0 Å². The molecule has 0 saturated carbocycles. The molecule has 7 heteroatoms. The van der Waals surface area contributed by atoms with Crippen LogP contribution in [-0.2, 0) is 9.53 Å². The van der Waals surface area contributed by atoms with Crippen LogP contribution in [0.1, 0.15) is 27.6 Å². The quantitative estimate of drug-likeness (QED) is 0.662. The number of nitrogens with one attached hydrogen (secondary N) is 1. The first-order valence-electron chi connectivity index (χ1n) is 6.91. The van der Waals surface area contributed by atoms with Crippen LogP contribution in [0, 0.1) is 5.82 Å². The highest BCUT2D eigenvalue weighted by Gasteiger charge is 2.18. The van der Waals surface area contributed by atoms with Crippen molar-refractivity contribution >= 4 is 34.9 Å². The maximum absolute atomic E-state index is 13.6. The predicted molar refractivity (Wildman–Crippen MR) is 86.8 cm³/mol. The Morgan fingerprint density at radius 2 is 1.83 bits per heavy atom. The number of para-hydroxylation sites is 1. The molecule has 0 radical (unpaired) electrons. The number of rotatable bonds is 5. The Bertz CT molecular complexity index is 787. The van der Waals surface area contributed by atoms with Gasteiger partial charge in [-0.15, -0.1) is 0 Å². The van der Waals surface area contributed by atoms with Gasteiger partial charge in [0.05, 0.1) is 10.7 Å². The monoisotopic (exact) mass is 349 g/mol. The second-order valence-electron chi connectivity index (χ2n) is 4.82. The SMILES string of the molecule is CC(=O)c1ccccc1NC(=O)COC(=O)c1c(F)cccc1Cl. The van der Waals surface area contributed by atoms with Crippen molar-refractivity contribution in [1.29, 1.82) is 0 Å². The highest BCUT2D eigenvalue weighted by Crippen LogP contribution is 2.20. The van der Waals surface area contributed by atoms with Gasteiger partial charge in [0.25, 0.3) is 5.91 Å². The number of esters is 1. The van der Waals surface area contributed by atoms with Crippen molar-refractivity contribution in [1.82, 2.24) is 0 Å². The number of carbonyl (C=O) groups excluding carboxylic acids is 3. The first-order valence-corrected chi connectivity index (χ1v) is 7.29. The Balaban J connectivity index is 2.02. The molecule has 2 aromatic rings. The van der Waals surface area contributed by atoms with Gasteiger partial charge in [0.2, 0.25) is 0 Å². The minimum Gasteiger partial charge on any atom is -0.452 e. The molecule has 0 fully saturated rings. The van der Waals surface area contributed by atoms with Gasteiger partial charge in [0.1, 0.15) is 11.4 Å². The summed E-state index contributed by atoms with van der Waals surface area (Å²) in [6, 6.07) is 10.2. The minimum atomic E-state index is -1.05. The fraction of sp³-hybridized carbons (Fsp3) is 0.118. The number of amides is 1. The smallest absolute Gasteiger partial charge is 0.343 e. The molecule has 5 nitrogen and oxygen atoms in total. The summed E-state index contributed by atoms with van der Waals surface area (Å²) >= 11 is 5.75. The molecule has 0 bridgehead atoms. The lowest BCUT2D eigenvalue weighted by molar-refractivity contribution is -0.119. The van der Waals surface area contributed by atoms with Crippen LogP contribution in [0.15, 0.2) is 42.5 Å². The number of hydrogen-bond acceptors (Lipinski definition) is 4. The predicted octanol–water partition coefficient (Wildman–Crippen LogP) is 3.48. The van der Waals surface area contributed by atoms with Crippen LogP contribution in [-0.4, -0.2) is 24.3 Å². The molecule has 0 spiro atoms. The minimum absolute atomic E-state index is 0.109. The van der Waals surface area contributed by atoms with Crippen molar-refractivity contribution in [3.8, 4) is 0 Å². The topological polar surface area (TPSA) is 72.5 Å². The summed E-state index contributed by atoms with van der Waals surface area (Å²) in [6.45, 7) is 0.723. The number of ketones is 1. The second-order valence-corrected chi connectivity index (χ2v) is 5.23. The Morgan fingerprint density at radius 3 is 2.50 bits per heavy atom. The molecule has 2 rings (SSSR count). The molecular formula is C17H13ClFNO4. The van der Waals surface area contributed by atoms with E-state index in [2.05, 4.69) is 5.32 Å². The number of hydrogen-bond donors (Lipinski definition) is 1. The molecule has 0 aliphatic heterocycles. The molecule has 0 unspecified atom stereocenters. The fourth-order valence-electron chi connectivity index (χ4n) is 1.98. The lowest BCUT2D eigenvalue weighted by Crippen LogP contribution is -2.22. The lowest BCUT2D eigenvalue weighted by Gasteiger charge is -2.10. The molecule has 0 heterocycles. The molecule has 2 aromatic carbocycles. The van der Waals surface area contributed by atoms with Crippen LogP contribution in [0.3, 0.4) is 0 Å². The van der Waals surface area contributed by atoms with E-state index in [1.165, 1.54) is 19.1 Å². The molecule has 0 aromatic heterocycles. The molecule has 0 saturated heterocycles. The van der Waals surface area contributed by atoms with Gasteiger partial charge in [-0.05, 0) is 31.2 Å². The van der Waals surface area contributed by atoms with Gasteiger partial charge < -0.3 is 10.1 Å². The summed E-state index contributed by atoms with van der Waals surface area (Å²) in [7, 11) is 0. The maximum atomic E-state index is 13.6. The lowest BCUT2D eigenvalue weighted by atomic mass is 10.1. The molecule has 24 heavy (non-hydrogen) atoms. The second kappa shape index (κ2) is 7.70. The summed E-state index contributed by atoms with van der Waals surface area (Å²) in [4.78, 5) is 35.2. The van der Waals surface area contributed by atoms with E-state index in [0.29, 0.717) is 11.3 Å². The summed E-state index contributed by atoms with van der Waals surface area (Å²) < 4.78 is 18.4. The summed E-state index contributed by atoms with van der Waals surface area (Å²) in [5.41, 5.74) is 0.195. The van der Waals surface area contributed by atoms with Crippen molar-refractivity contribution in [2.75, 3.05) is 11.9 Å². The largest absolute Gasteiger partial charge is 0.452 e. The third-order valence-electron chi connectivity index (χ3n) is 3.08. The molecular weight excluding hydrogens is 337 g/mol. The molecule has 124 valence electrons. The number of ether oxygens (including phenoxy) is 1. The van der Waals surface area contributed by atoms with Crippen LogP contribution in [0.2, 0.25) is 5.02 Å². The van der Waals surface area contributed by atoms with E-state index in [0.717, 1.165) is 6.07 Å². The number of benzene rings is 2. The standard InChI is InChI=1S/C17H13ClFNO4/c1-10(21)11-5-2-3-8-14(11)20-15(22)9-24-17(23)16-12(18)6-4-7-13(16)19/h2-8H,9H2,1H3,(H,20,22). The van der Waals surface area contributed by atoms with Crippen molar-refractivity contribution < 1.29 is 23.5 Å². The Hall–Kier alpha value is -2.73. The molecule has 1 N–H and O–H groups in total. The third kappa shape index (κ3) is 4.17. The van der Waals surface area contributed by atoms with Crippen molar-refractivity contribution in [3.05, 3.63) is 64.4 Å². The Morgan fingerprint density at radius 1 is 1.12 bits per heavy atom. The van der Waals surface area contributed by atoms with Gasteiger partial charge in [-0.1, -0.05) is 29.8 Å². The number of anilines is 1. The molecule has 1 amide bonds. The zero-order valence-electron chi connectivity index (χ0n) is 12.6. The number of halogens is 2. The van der Waals surface area contributed by atoms with Crippen LogP contribution < -0.4 is 5.32 Å². The van der Waals surface area contributed by atoms with E-state index in [1.54, 1.807) is 24.3 Å². The zero-order valence-corrected chi connectivity index (χ0v) is 13.4. The van der Waals surface area contributed by atoms with Gasteiger partial charge in [-0.3, -0.25) is 9.59 Å². The molecule has 0 aliphatic carbocycles. The van der Waals surface area contributed by atoms with Crippen LogP contribution in [0.5, 0.6) is 0 Å². The normalized spacial score (nSPS) is 10.1. The van der Waals surface area contributed by atoms with Crippen molar-refractivity contribution in [2.24, 2.45) is 0 Å². The van der Waals surface area contributed by atoms with E-state index < -0.39 is 29.9 Å². The van der Waals surface area contributed by atoms with E-state index >= 15 is 0 Å². The van der Waals surface area contributed by atoms with Gasteiger partial charge in [-0.25, -0.2) is 9.18 Å². The fourth-order valence-corrected chi connectivity index (χ4v) is 2.22. The molecule has 0 aliphatic rings.